The molecule has 3 nitrogen and oxygen atoms in total. The first-order chi connectivity index (χ1) is 4.93. The van der Waals surface area contributed by atoms with Crippen molar-refractivity contribution in [3.05, 3.63) is 24.5 Å². The molecule has 1 aliphatic rings. The first-order valence-electron chi connectivity index (χ1n) is 3.20. The van der Waals surface area contributed by atoms with Crippen LogP contribution < -0.4 is 0 Å². The van der Waals surface area contributed by atoms with Gasteiger partial charge in [-0.05, 0) is 6.42 Å². The number of allylic oxidation sites excluding steroid dienone is 1. The van der Waals surface area contributed by atoms with Gasteiger partial charge in [0.05, 0.1) is 0 Å². The lowest BCUT2D eigenvalue weighted by atomic mass is 10.3. The van der Waals surface area contributed by atoms with Crippen LogP contribution in [-0.4, -0.2) is 11.7 Å². The summed E-state index contributed by atoms with van der Waals surface area (Å²) in [5.74, 6) is 0.761. The Kier molecular flexibility index (Phi) is 2.83. The van der Waals surface area contributed by atoms with Crippen LogP contribution in [-0.2, 0) is 9.47 Å². The SMILES string of the molecule is OCCCC1=COC=CO1. The highest BCUT2D eigenvalue weighted by atomic mass is 16.5. The van der Waals surface area contributed by atoms with E-state index in [1.165, 1.54) is 18.8 Å². The van der Waals surface area contributed by atoms with Gasteiger partial charge in [0.25, 0.3) is 0 Å². The minimum absolute atomic E-state index is 0.185. The number of hydrogen-bond donors (Lipinski definition) is 1. The summed E-state index contributed by atoms with van der Waals surface area (Å²) in [5, 5.41) is 8.46. The molecular weight excluding hydrogens is 132 g/mol. The molecule has 1 N–H and O–H groups in total. The van der Waals surface area contributed by atoms with Crippen LogP contribution in [0.5, 0.6) is 0 Å². The first kappa shape index (κ1) is 7.15. The van der Waals surface area contributed by atoms with E-state index in [1.807, 2.05) is 0 Å². The summed E-state index contributed by atoms with van der Waals surface area (Å²) in [6, 6.07) is 0. The Labute approximate surface area is 59.6 Å². The minimum Gasteiger partial charge on any atom is -0.466 e. The Morgan fingerprint density at radius 2 is 2.30 bits per heavy atom. The standard InChI is InChI=1S/C7H10O3/c8-3-1-2-7-6-9-4-5-10-7/h4-6,8H,1-3H2. The monoisotopic (exact) mass is 142 g/mol. The Morgan fingerprint density at radius 1 is 1.40 bits per heavy atom. The summed E-state index contributed by atoms with van der Waals surface area (Å²) in [7, 11) is 0. The molecule has 0 saturated heterocycles. The predicted molar refractivity (Wildman–Crippen MR) is 35.7 cm³/mol. The molecule has 0 aliphatic carbocycles. The summed E-state index contributed by atoms with van der Waals surface area (Å²) >= 11 is 0. The van der Waals surface area contributed by atoms with Crippen LogP contribution in [0.25, 0.3) is 0 Å². The average molecular weight is 142 g/mol. The quantitative estimate of drug-likeness (QED) is 0.641. The third-order valence-electron chi connectivity index (χ3n) is 1.13. The van der Waals surface area contributed by atoms with Crippen molar-refractivity contribution in [3.63, 3.8) is 0 Å². The van der Waals surface area contributed by atoms with E-state index in [4.69, 9.17) is 14.6 Å². The van der Waals surface area contributed by atoms with Gasteiger partial charge in [0, 0.05) is 13.0 Å². The van der Waals surface area contributed by atoms with Crippen LogP contribution in [0.2, 0.25) is 0 Å². The zero-order valence-corrected chi connectivity index (χ0v) is 5.62. The zero-order chi connectivity index (χ0) is 7.23. The Balaban J connectivity index is 2.21. The number of rotatable bonds is 3. The maximum absolute atomic E-state index is 8.46. The van der Waals surface area contributed by atoms with Gasteiger partial charge in [-0.3, -0.25) is 0 Å². The maximum Gasteiger partial charge on any atom is 0.138 e. The van der Waals surface area contributed by atoms with Crippen molar-refractivity contribution in [1.82, 2.24) is 0 Å². The molecule has 0 atom stereocenters. The molecule has 0 spiro atoms. The van der Waals surface area contributed by atoms with Gasteiger partial charge in [-0.2, -0.15) is 0 Å². The molecule has 0 unspecified atom stereocenters. The number of aliphatic hydroxyl groups is 1. The van der Waals surface area contributed by atoms with E-state index < -0.39 is 0 Å². The van der Waals surface area contributed by atoms with Gasteiger partial charge in [-0.25, -0.2) is 0 Å². The predicted octanol–water partition coefficient (Wildman–Crippen LogP) is 1.12. The fourth-order valence-electron chi connectivity index (χ4n) is 0.661. The second-order valence-electron chi connectivity index (χ2n) is 1.94. The molecule has 56 valence electrons. The molecule has 0 aromatic heterocycles. The molecule has 0 radical (unpaired) electrons. The lowest BCUT2D eigenvalue weighted by Crippen LogP contribution is -1.93. The summed E-state index contributed by atoms with van der Waals surface area (Å²) in [5.41, 5.74) is 0. The Bertz CT molecular complexity index is 149. The van der Waals surface area contributed by atoms with Crippen LogP contribution in [0.1, 0.15) is 12.8 Å². The van der Waals surface area contributed by atoms with Crippen LogP contribution in [0.15, 0.2) is 24.5 Å². The van der Waals surface area contributed by atoms with Gasteiger partial charge in [-0.1, -0.05) is 0 Å². The molecule has 1 rings (SSSR count). The maximum atomic E-state index is 8.46. The number of hydrogen-bond acceptors (Lipinski definition) is 3. The normalized spacial score (nSPS) is 15.5. The van der Waals surface area contributed by atoms with Crippen molar-refractivity contribution < 1.29 is 14.6 Å². The van der Waals surface area contributed by atoms with Crippen molar-refractivity contribution in [3.8, 4) is 0 Å². The molecule has 1 aliphatic heterocycles. The van der Waals surface area contributed by atoms with E-state index in [0.29, 0.717) is 6.42 Å². The lowest BCUT2D eigenvalue weighted by molar-refractivity contribution is 0.230. The third-order valence-corrected chi connectivity index (χ3v) is 1.13. The summed E-state index contributed by atoms with van der Waals surface area (Å²) < 4.78 is 9.85. The van der Waals surface area contributed by atoms with Crippen molar-refractivity contribution in [2.75, 3.05) is 6.61 Å². The molecule has 3 heteroatoms. The van der Waals surface area contributed by atoms with Crippen molar-refractivity contribution in [1.29, 1.82) is 0 Å². The second-order valence-corrected chi connectivity index (χ2v) is 1.94. The minimum atomic E-state index is 0.185. The lowest BCUT2D eigenvalue weighted by Gasteiger charge is -2.07. The topological polar surface area (TPSA) is 38.7 Å². The highest BCUT2D eigenvalue weighted by Gasteiger charge is 1.99. The van der Waals surface area contributed by atoms with E-state index in [1.54, 1.807) is 0 Å². The summed E-state index contributed by atoms with van der Waals surface area (Å²) in [6.45, 7) is 0.185. The smallest absolute Gasteiger partial charge is 0.138 e. The van der Waals surface area contributed by atoms with Gasteiger partial charge in [-0.15, -0.1) is 0 Å². The highest BCUT2D eigenvalue weighted by Crippen LogP contribution is 2.10. The first-order valence-corrected chi connectivity index (χ1v) is 3.20. The largest absolute Gasteiger partial charge is 0.466 e. The van der Waals surface area contributed by atoms with E-state index in [9.17, 15) is 0 Å². The second kappa shape index (κ2) is 3.95. The molecule has 1 heterocycles. The van der Waals surface area contributed by atoms with Gasteiger partial charge in [0.1, 0.15) is 24.5 Å². The highest BCUT2D eigenvalue weighted by molar-refractivity contribution is 4.94. The Morgan fingerprint density at radius 3 is 2.90 bits per heavy atom. The third kappa shape index (κ3) is 2.11. The fourth-order valence-corrected chi connectivity index (χ4v) is 0.661. The molecule has 10 heavy (non-hydrogen) atoms. The van der Waals surface area contributed by atoms with Crippen molar-refractivity contribution in [2.24, 2.45) is 0 Å². The summed E-state index contributed by atoms with van der Waals surface area (Å²) in [4.78, 5) is 0. The van der Waals surface area contributed by atoms with E-state index in [0.717, 1.165) is 12.2 Å². The van der Waals surface area contributed by atoms with Gasteiger partial charge >= 0.3 is 0 Å². The van der Waals surface area contributed by atoms with Crippen molar-refractivity contribution in [2.45, 2.75) is 12.8 Å². The van der Waals surface area contributed by atoms with E-state index >= 15 is 0 Å². The van der Waals surface area contributed by atoms with Gasteiger partial charge in [0.2, 0.25) is 0 Å². The number of ether oxygens (including phenoxy) is 2. The molecule has 0 aromatic carbocycles. The molecule has 0 saturated carbocycles. The fraction of sp³-hybridized carbons (Fsp3) is 0.429. The van der Waals surface area contributed by atoms with Crippen LogP contribution in [0, 0.1) is 0 Å². The zero-order valence-electron chi connectivity index (χ0n) is 5.62. The van der Waals surface area contributed by atoms with E-state index in [2.05, 4.69) is 0 Å². The van der Waals surface area contributed by atoms with Crippen LogP contribution in [0.4, 0.5) is 0 Å². The van der Waals surface area contributed by atoms with Crippen LogP contribution >= 0.6 is 0 Å². The van der Waals surface area contributed by atoms with Gasteiger partial charge < -0.3 is 14.6 Å². The molecule has 0 amide bonds. The summed E-state index contributed by atoms with van der Waals surface area (Å²) in [6.07, 6.45) is 5.91. The Hall–Kier alpha value is -0.960. The molecule has 0 fully saturated rings. The molecule has 0 bridgehead atoms. The van der Waals surface area contributed by atoms with Gasteiger partial charge in [0.15, 0.2) is 0 Å². The van der Waals surface area contributed by atoms with E-state index in [-0.39, 0.29) is 6.61 Å². The van der Waals surface area contributed by atoms with Crippen molar-refractivity contribution >= 4 is 0 Å². The average Bonchev–Trinajstić information content (AvgIpc) is 2.03. The molecular formula is C7H10O3. The van der Waals surface area contributed by atoms with Crippen LogP contribution in [0.3, 0.4) is 0 Å². The molecule has 0 aromatic rings. The number of aliphatic hydroxyl groups excluding tert-OH is 1.